The molecule has 2 rings (SSSR count). The molecule has 0 saturated heterocycles. The first-order valence-corrected chi connectivity index (χ1v) is 8.73. The van der Waals surface area contributed by atoms with Gasteiger partial charge in [-0.05, 0) is 23.6 Å². The Labute approximate surface area is 99.6 Å². The Morgan fingerprint density at radius 3 is 1.94 bits per heavy atom. The maximum Gasteiger partial charge on any atom is 0.0655 e. The van der Waals surface area contributed by atoms with Crippen LogP contribution in [0.25, 0.3) is 11.1 Å². The number of rotatable bonds is 2. The van der Waals surface area contributed by atoms with E-state index < -0.39 is 8.80 Å². The monoisotopic (exact) mass is 226 g/mol. The van der Waals surface area contributed by atoms with Gasteiger partial charge in [0, 0.05) is 0 Å². The molecule has 0 aromatic heterocycles. The van der Waals surface area contributed by atoms with Crippen LogP contribution in [0.5, 0.6) is 0 Å². The van der Waals surface area contributed by atoms with E-state index in [9.17, 15) is 0 Å². The van der Waals surface area contributed by atoms with Gasteiger partial charge in [0.05, 0.1) is 8.80 Å². The molecular formula is C15H18Si. The number of benzene rings is 2. The molecule has 0 amide bonds. The lowest BCUT2D eigenvalue weighted by molar-refractivity contribution is 1.46. The van der Waals surface area contributed by atoms with Gasteiger partial charge in [-0.3, -0.25) is 0 Å². The molecule has 0 aliphatic carbocycles. The van der Waals surface area contributed by atoms with Crippen molar-refractivity contribution >= 4 is 14.0 Å². The fourth-order valence-corrected chi connectivity index (χ4v) is 3.49. The Kier molecular flexibility index (Phi) is 3.25. The van der Waals surface area contributed by atoms with Crippen LogP contribution in [-0.2, 0) is 0 Å². The van der Waals surface area contributed by atoms with Crippen LogP contribution < -0.4 is 5.19 Å². The molecule has 16 heavy (non-hydrogen) atoms. The first kappa shape index (κ1) is 11.2. The molecule has 0 aliphatic rings. The normalized spacial score (nSPS) is 10.8. The van der Waals surface area contributed by atoms with Crippen molar-refractivity contribution < 1.29 is 0 Å². The fourth-order valence-electron chi connectivity index (χ4n) is 2.12. The van der Waals surface area contributed by atoms with Crippen molar-refractivity contribution in [2.24, 2.45) is 0 Å². The van der Waals surface area contributed by atoms with Gasteiger partial charge in [-0.1, -0.05) is 66.8 Å². The molecule has 0 aliphatic heterocycles. The summed E-state index contributed by atoms with van der Waals surface area (Å²) < 4.78 is 0. The van der Waals surface area contributed by atoms with Crippen molar-refractivity contribution in [1.29, 1.82) is 0 Å². The summed E-state index contributed by atoms with van der Waals surface area (Å²) in [6.45, 7) is 6.96. The van der Waals surface area contributed by atoms with Crippen molar-refractivity contribution in [3.05, 3.63) is 54.1 Å². The molecule has 0 heterocycles. The minimum atomic E-state index is -0.759. The van der Waals surface area contributed by atoms with Gasteiger partial charge < -0.3 is 0 Å². The van der Waals surface area contributed by atoms with E-state index in [1.807, 2.05) is 0 Å². The SMILES string of the molecule is Cc1ccccc1-c1ccccc1[SiH](C)C. The number of hydrogen-bond donors (Lipinski definition) is 0. The summed E-state index contributed by atoms with van der Waals surface area (Å²) in [5, 5.41) is 1.57. The Balaban J connectivity index is 2.60. The molecule has 2 aromatic rings. The van der Waals surface area contributed by atoms with Crippen molar-refractivity contribution in [2.45, 2.75) is 20.0 Å². The van der Waals surface area contributed by atoms with Crippen LogP contribution in [0.2, 0.25) is 13.1 Å². The second-order valence-electron chi connectivity index (χ2n) is 4.56. The highest BCUT2D eigenvalue weighted by Gasteiger charge is 2.09. The molecule has 1 heteroatoms. The molecule has 0 unspecified atom stereocenters. The number of aryl methyl sites for hydroxylation is 1. The molecule has 0 saturated carbocycles. The molecule has 0 radical (unpaired) electrons. The Hall–Kier alpha value is -1.34. The molecule has 82 valence electrons. The van der Waals surface area contributed by atoms with Gasteiger partial charge in [0.15, 0.2) is 0 Å². The van der Waals surface area contributed by atoms with Gasteiger partial charge in [-0.15, -0.1) is 0 Å². The van der Waals surface area contributed by atoms with Crippen LogP contribution in [0, 0.1) is 6.92 Å². The predicted molar refractivity (Wildman–Crippen MR) is 75.1 cm³/mol. The minimum Gasteiger partial charge on any atom is -0.0682 e. The highest BCUT2D eigenvalue weighted by atomic mass is 28.3. The smallest absolute Gasteiger partial charge is 0.0655 e. The van der Waals surface area contributed by atoms with E-state index in [0.717, 1.165) is 0 Å². The van der Waals surface area contributed by atoms with Crippen molar-refractivity contribution in [2.75, 3.05) is 0 Å². The summed E-state index contributed by atoms with van der Waals surface area (Å²) in [5.41, 5.74) is 4.19. The molecule has 0 bridgehead atoms. The summed E-state index contributed by atoms with van der Waals surface area (Å²) >= 11 is 0. The van der Waals surface area contributed by atoms with Gasteiger partial charge in [-0.25, -0.2) is 0 Å². The van der Waals surface area contributed by atoms with E-state index in [2.05, 4.69) is 68.5 Å². The van der Waals surface area contributed by atoms with Crippen LogP contribution >= 0.6 is 0 Å². The highest BCUT2D eigenvalue weighted by molar-refractivity contribution is 6.72. The Morgan fingerprint density at radius 1 is 0.750 bits per heavy atom. The summed E-state index contributed by atoms with van der Waals surface area (Å²) in [6.07, 6.45) is 0. The second-order valence-corrected chi connectivity index (χ2v) is 7.49. The fraction of sp³-hybridized carbons (Fsp3) is 0.200. The molecule has 0 atom stereocenters. The largest absolute Gasteiger partial charge is 0.0682 e. The molecule has 0 nitrogen and oxygen atoms in total. The van der Waals surface area contributed by atoms with Crippen LogP contribution in [0.15, 0.2) is 48.5 Å². The maximum atomic E-state index is 2.39. The summed E-state index contributed by atoms with van der Waals surface area (Å²) in [7, 11) is -0.759. The third-order valence-corrected chi connectivity index (χ3v) is 4.77. The zero-order valence-corrected chi connectivity index (χ0v) is 11.4. The lowest BCUT2D eigenvalue weighted by Gasteiger charge is -2.13. The maximum absolute atomic E-state index is 2.39. The van der Waals surface area contributed by atoms with Gasteiger partial charge >= 0.3 is 0 Å². The summed E-state index contributed by atoms with van der Waals surface area (Å²) in [4.78, 5) is 0. The second kappa shape index (κ2) is 4.66. The zero-order chi connectivity index (χ0) is 11.5. The van der Waals surface area contributed by atoms with Gasteiger partial charge in [0.25, 0.3) is 0 Å². The lowest BCUT2D eigenvalue weighted by Crippen LogP contribution is -2.24. The average Bonchev–Trinajstić information content (AvgIpc) is 2.29. The summed E-state index contributed by atoms with van der Waals surface area (Å²) in [5.74, 6) is 0. The van der Waals surface area contributed by atoms with E-state index in [-0.39, 0.29) is 0 Å². The average molecular weight is 226 g/mol. The zero-order valence-electron chi connectivity index (χ0n) is 10.2. The van der Waals surface area contributed by atoms with Crippen LogP contribution in [-0.4, -0.2) is 8.80 Å². The molecule has 0 fully saturated rings. The van der Waals surface area contributed by atoms with E-state index >= 15 is 0 Å². The Bertz CT molecular complexity index is 486. The van der Waals surface area contributed by atoms with Crippen molar-refractivity contribution in [3.63, 3.8) is 0 Å². The van der Waals surface area contributed by atoms with Crippen molar-refractivity contribution in [1.82, 2.24) is 0 Å². The quantitative estimate of drug-likeness (QED) is 0.689. The first-order valence-electron chi connectivity index (χ1n) is 5.85. The van der Waals surface area contributed by atoms with Crippen molar-refractivity contribution in [3.8, 4) is 11.1 Å². The van der Waals surface area contributed by atoms with Gasteiger partial charge in [0.1, 0.15) is 0 Å². The van der Waals surface area contributed by atoms with Gasteiger partial charge in [-0.2, -0.15) is 0 Å². The van der Waals surface area contributed by atoms with E-state index in [4.69, 9.17) is 0 Å². The molecule has 0 spiro atoms. The third-order valence-electron chi connectivity index (χ3n) is 3.02. The predicted octanol–water partition coefficient (Wildman–Crippen LogP) is 3.36. The number of hydrogen-bond acceptors (Lipinski definition) is 0. The Morgan fingerprint density at radius 2 is 1.31 bits per heavy atom. The highest BCUT2D eigenvalue weighted by Crippen LogP contribution is 2.21. The van der Waals surface area contributed by atoms with E-state index in [0.29, 0.717) is 0 Å². The summed E-state index contributed by atoms with van der Waals surface area (Å²) in [6, 6.07) is 17.5. The molecule has 0 N–H and O–H groups in total. The van der Waals surface area contributed by atoms with Crippen LogP contribution in [0.4, 0.5) is 0 Å². The van der Waals surface area contributed by atoms with E-state index in [1.165, 1.54) is 16.7 Å². The van der Waals surface area contributed by atoms with Gasteiger partial charge in [0.2, 0.25) is 0 Å². The van der Waals surface area contributed by atoms with Crippen LogP contribution in [0.1, 0.15) is 5.56 Å². The third kappa shape index (κ3) is 2.09. The first-order chi connectivity index (χ1) is 7.70. The lowest BCUT2D eigenvalue weighted by atomic mass is 10.0. The minimum absolute atomic E-state index is 0.759. The standard InChI is InChI=1S/C15H18Si/c1-12-8-4-5-9-13(12)14-10-6-7-11-15(14)16(2)3/h4-11,16H,1-3H3. The van der Waals surface area contributed by atoms with E-state index in [1.54, 1.807) is 5.19 Å². The molecule has 2 aromatic carbocycles. The van der Waals surface area contributed by atoms with Crippen LogP contribution in [0.3, 0.4) is 0 Å². The molecular weight excluding hydrogens is 208 g/mol. The topological polar surface area (TPSA) is 0 Å².